The number of rotatable bonds is 7. The molecule has 0 bridgehead atoms. The highest BCUT2D eigenvalue weighted by Gasteiger charge is 2.43. The van der Waals surface area contributed by atoms with E-state index in [9.17, 15) is 15.3 Å². The van der Waals surface area contributed by atoms with E-state index in [-0.39, 0.29) is 13.2 Å². The standard InChI is InChI=1S/C19H24O8/c20-12-14(22)10-8-6-4-2-1-3-5-7-9-11-26-19-18(25)17(24)16(23)15(13-21)27-19/h4,6-10,14-25H,11-13H2/t14-,15-,16-,17+,18-,19-/m1/s1. The molecule has 6 N–H and O–H groups in total. The molecule has 1 aliphatic heterocycles. The Bertz CT molecular complexity index is 632. The number of hydrogen-bond acceptors (Lipinski definition) is 8. The molecule has 0 aliphatic carbocycles. The third kappa shape index (κ3) is 8.50. The molecule has 27 heavy (non-hydrogen) atoms. The number of ether oxygens (including phenoxy) is 2. The Balaban J connectivity index is 2.34. The average Bonchev–Trinajstić information content (AvgIpc) is 2.68. The van der Waals surface area contributed by atoms with Crippen LogP contribution in [0.2, 0.25) is 0 Å². The summed E-state index contributed by atoms with van der Waals surface area (Å²) in [7, 11) is 0. The first-order valence-electron chi connectivity index (χ1n) is 8.21. The van der Waals surface area contributed by atoms with E-state index in [0.717, 1.165) is 0 Å². The molecule has 8 heteroatoms. The lowest BCUT2D eigenvalue weighted by Crippen LogP contribution is -2.59. The van der Waals surface area contributed by atoms with Gasteiger partial charge in [-0.15, -0.1) is 0 Å². The molecule has 0 aromatic heterocycles. The van der Waals surface area contributed by atoms with Crippen LogP contribution < -0.4 is 0 Å². The Morgan fingerprint density at radius 2 is 1.67 bits per heavy atom. The van der Waals surface area contributed by atoms with Crippen LogP contribution in [0, 0.1) is 23.7 Å². The SMILES string of the molecule is OC[C@H](O)C=CC=CC#CC#CC=CCO[C@@H]1O[C@H](CO)[C@@H](O)[C@H](O)[C@H]1O. The van der Waals surface area contributed by atoms with Crippen molar-refractivity contribution in [3.63, 3.8) is 0 Å². The molecule has 0 aromatic carbocycles. The molecule has 0 spiro atoms. The topological polar surface area (TPSA) is 140 Å². The Kier molecular flexibility index (Phi) is 11.3. The van der Waals surface area contributed by atoms with Crippen LogP contribution in [-0.4, -0.2) is 87.3 Å². The summed E-state index contributed by atoms with van der Waals surface area (Å²) in [6.45, 7) is -0.826. The van der Waals surface area contributed by atoms with Crippen molar-refractivity contribution in [2.24, 2.45) is 0 Å². The fourth-order valence-corrected chi connectivity index (χ4v) is 1.97. The normalized spacial score (nSPS) is 29.5. The molecule has 0 radical (unpaired) electrons. The summed E-state index contributed by atoms with van der Waals surface area (Å²) in [5.74, 6) is 10.4. The summed E-state index contributed by atoms with van der Waals surface area (Å²) in [6.07, 6.45) is 1.71. The lowest BCUT2D eigenvalue weighted by atomic mass is 9.99. The van der Waals surface area contributed by atoms with E-state index in [0.29, 0.717) is 0 Å². The Morgan fingerprint density at radius 1 is 0.963 bits per heavy atom. The molecule has 1 saturated heterocycles. The van der Waals surface area contributed by atoms with Gasteiger partial charge in [0.25, 0.3) is 0 Å². The van der Waals surface area contributed by atoms with Crippen LogP contribution in [0.5, 0.6) is 0 Å². The predicted molar refractivity (Wildman–Crippen MR) is 95.8 cm³/mol. The second kappa shape index (κ2) is 13.2. The van der Waals surface area contributed by atoms with Gasteiger partial charge in [0.15, 0.2) is 6.29 Å². The van der Waals surface area contributed by atoms with Gasteiger partial charge in [-0.05, 0) is 24.0 Å². The van der Waals surface area contributed by atoms with Crippen molar-refractivity contribution in [1.82, 2.24) is 0 Å². The minimum atomic E-state index is -1.48. The summed E-state index contributed by atoms with van der Waals surface area (Å²) >= 11 is 0. The maximum absolute atomic E-state index is 9.78. The van der Waals surface area contributed by atoms with Crippen LogP contribution in [0.4, 0.5) is 0 Å². The summed E-state index contributed by atoms with van der Waals surface area (Å²) in [6, 6.07) is 0. The van der Waals surface area contributed by atoms with Crippen molar-refractivity contribution in [2.75, 3.05) is 19.8 Å². The predicted octanol–water partition coefficient (Wildman–Crippen LogP) is -2.17. The second-order valence-electron chi connectivity index (χ2n) is 5.47. The minimum Gasteiger partial charge on any atom is -0.394 e. The van der Waals surface area contributed by atoms with E-state index in [4.69, 9.17) is 24.8 Å². The number of aliphatic hydroxyl groups excluding tert-OH is 6. The first-order chi connectivity index (χ1) is 13.0. The van der Waals surface area contributed by atoms with Gasteiger partial charge in [0.1, 0.15) is 24.4 Å². The van der Waals surface area contributed by atoms with E-state index >= 15 is 0 Å². The molecule has 8 nitrogen and oxygen atoms in total. The van der Waals surface area contributed by atoms with Gasteiger partial charge in [-0.2, -0.15) is 0 Å². The van der Waals surface area contributed by atoms with Gasteiger partial charge in [-0.3, -0.25) is 0 Å². The Hall–Kier alpha value is -1.98. The fourth-order valence-electron chi connectivity index (χ4n) is 1.97. The first-order valence-corrected chi connectivity index (χ1v) is 8.21. The Labute approximate surface area is 157 Å². The second-order valence-corrected chi connectivity index (χ2v) is 5.47. The van der Waals surface area contributed by atoms with Crippen molar-refractivity contribution in [3.8, 4) is 23.7 Å². The summed E-state index contributed by atoms with van der Waals surface area (Å²) in [5, 5.41) is 55.8. The zero-order valence-corrected chi connectivity index (χ0v) is 14.5. The molecular formula is C19H24O8. The molecule has 0 aromatic rings. The molecule has 0 amide bonds. The average molecular weight is 380 g/mol. The quantitative estimate of drug-likeness (QED) is 0.217. The van der Waals surface area contributed by atoms with Crippen molar-refractivity contribution >= 4 is 0 Å². The molecule has 0 saturated carbocycles. The molecule has 6 atom stereocenters. The van der Waals surface area contributed by atoms with Gasteiger partial charge in [0.2, 0.25) is 0 Å². The molecule has 1 aliphatic rings. The van der Waals surface area contributed by atoms with Crippen molar-refractivity contribution in [1.29, 1.82) is 0 Å². The van der Waals surface area contributed by atoms with Gasteiger partial charge in [0, 0.05) is 0 Å². The van der Waals surface area contributed by atoms with Gasteiger partial charge in [-0.25, -0.2) is 0 Å². The van der Waals surface area contributed by atoms with E-state index in [1.807, 2.05) is 0 Å². The smallest absolute Gasteiger partial charge is 0.187 e. The van der Waals surface area contributed by atoms with Crippen LogP contribution in [0.15, 0.2) is 36.5 Å². The van der Waals surface area contributed by atoms with E-state index in [2.05, 4.69) is 23.7 Å². The lowest BCUT2D eigenvalue weighted by molar-refractivity contribution is -0.298. The minimum absolute atomic E-state index is 0.0304. The number of hydrogen-bond donors (Lipinski definition) is 6. The highest BCUT2D eigenvalue weighted by Crippen LogP contribution is 2.21. The maximum atomic E-state index is 9.78. The lowest BCUT2D eigenvalue weighted by Gasteiger charge is -2.39. The molecular weight excluding hydrogens is 356 g/mol. The molecule has 1 rings (SSSR count). The third-order valence-corrected chi connectivity index (χ3v) is 3.42. The molecule has 1 fully saturated rings. The van der Waals surface area contributed by atoms with Gasteiger partial charge >= 0.3 is 0 Å². The maximum Gasteiger partial charge on any atom is 0.187 e. The van der Waals surface area contributed by atoms with Crippen LogP contribution in [0.1, 0.15) is 0 Å². The molecule has 1 heterocycles. The van der Waals surface area contributed by atoms with Gasteiger partial charge in [0.05, 0.1) is 25.9 Å². The zero-order chi connectivity index (χ0) is 20.1. The summed E-state index contributed by atoms with van der Waals surface area (Å²) in [4.78, 5) is 0. The van der Waals surface area contributed by atoms with Gasteiger partial charge in [-0.1, -0.05) is 36.1 Å². The number of allylic oxidation sites excluding steroid dienone is 4. The van der Waals surface area contributed by atoms with Crippen molar-refractivity contribution in [3.05, 3.63) is 36.5 Å². The van der Waals surface area contributed by atoms with Crippen molar-refractivity contribution < 1.29 is 40.1 Å². The monoisotopic (exact) mass is 380 g/mol. The van der Waals surface area contributed by atoms with Crippen LogP contribution in [0.3, 0.4) is 0 Å². The highest BCUT2D eigenvalue weighted by molar-refractivity contribution is 5.34. The van der Waals surface area contributed by atoms with Crippen molar-refractivity contribution in [2.45, 2.75) is 36.8 Å². The molecule has 148 valence electrons. The summed E-state index contributed by atoms with van der Waals surface area (Å²) in [5.41, 5.74) is 0. The first kappa shape index (κ1) is 23.1. The Morgan fingerprint density at radius 3 is 2.33 bits per heavy atom. The number of aliphatic hydroxyl groups is 6. The summed E-state index contributed by atoms with van der Waals surface area (Å²) < 4.78 is 10.4. The van der Waals surface area contributed by atoms with Crippen LogP contribution in [0.25, 0.3) is 0 Å². The van der Waals surface area contributed by atoms with Crippen LogP contribution >= 0.6 is 0 Å². The highest BCUT2D eigenvalue weighted by atomic mass is 16.7. The van der Waals surface area contributed by atoms with Crippen LogP contribution in [-0.2, 0) is 9.47 Å². The van der Waals surface area contributed by atoms with E-state index < -0.39 is 43.4 Å². The van der Waals surface area contributed by atoms with E-state index in [1.165, 1.54) is 18.2 Å². The molecule has 0 unspecified atom stereocenters. The van der Waals surface area contributed by atoms with E-state index in [1.54, 1.807) is 18.2 Å². The largest absolute Gasteiger partial charge is 0.394 e. The third-order valence-electron chi connectivity index (χ3n) is 3.42. The zero-order valence-electron chi connectivity index (χ0n) is 14.5. The van der Waals surface area contributed by atoms with Gasteiger partial charge < -0.3 is 40.1 Å². The fraction of sp³-hybridized carbons (Fsp3) is 0.474.